The molecule has 0 spiro atoms. The minimum absolute atomic E-state index is 0.0863. The Morgan fingerprint density at radius 1 is 0.242 bits per heavy atom. The van der Waals surface area contributed by atoms with Gasteiger partial charge in [0.15, 0.2) is 12.1 Å². The second-order valence-electron chi connectivity index (χ2n) is 8.88. The number of rotatable bonds is 41. The fourth-order valence-electron chi connectivity index (χ4n) is 1.39. The van der Waals surface area contributed by atoms with Gasteiger partial charge in [0.1, 0.15) is 0 Å². The zero-order valence-corrected chi connectivity index (χ0v) is 220. The molecule has 678 valence electrons. The van der Waals surface area contributed by atoms with Gasteiger partial charge in [-0.3, -0.25) is 0 Å². The van der Waals surface area contributed by atoms with E-state index in [1.165, 1.54) is 4.90 Å². The second-order valence-corrected chi connectivity index (χ2v) is 1960. The van der Waals surface area contributed by atoms with Crippen LogP contribution in [0.2, 0.25) is 0 Å². The molecule has 0 heterocycles. The number of alkyl halides is 2. The molecule has 0 aromatic heterocycles. The predicted molar refractivity (Wildman–Crippen MR) is 1220 cm³/mol. The number of carbonyl (C=O) groups is 2. The number of hydrogen-bond donors (Lipinski definition) is 1. The van der Waals surface area contributed by atoms with E-state index in [0.717, 1.165) is 0 Å². The van der Waals surface area contributed by atoms with E-state index in [1.807, 2.05) is 14.1 Å². The topological polar surface area (TPSA) is 67.9 Å². The molecule has 0 aromatic carbocycles. The SMILES string of the molecule is CN(C)C(=O)OCCl.CNC.II(I)I(I)I(I)I(I)I(I)I(I)I(I)I(I)I(I)I(I)I(I)I(I)I(I)I(I)I(I)I(I)I(I)I(I)I(I)I(I)I(I)I(I)I(I)I(I)I(I)I(I)I(I)I(I)I(I)I(I)I(I)I(I)I(I)I(I)I(I)I(I)I(I)I(I)I(I)I(I)I.O=C(Cl)OCCl. The van der Waals surface area contributed by atoms with Gasteiger partial charge in [-0.1, -0.05) is 23.2 Å². The van der Waals surface area contributed by atoms with Crippen LogP contribution in [0, 0.1) is 0 Å². The van der Waals surface area contributed by atoms with Crippen molar-refractivity contribution in [3.63, 3.8) is 0 Å². The largest absolute Gasteiger partial charge is 0.437 e. The van der Waals surface area contributed by atoms with Crippen LogP contribution >= 0.6 is 1130 Å². The summed E-state index contributed by atoms with van der Waals surface area (Å²) in [5.74, 6) is 0. The Morgan fingerprint density at radius 3 is 0.374 bits per heavy atom. The Balaban J connectivity index is -0.00000234. The van der Waals surface area contributed by atoms with Crippen molar-refractivity contribution in [2.45, 2.75) is 0 Å². The van der Waals surface area contributed by atoms with Crippen molar-refractivity contribution in [3.8, 4) is 0 Å². The number of hydrogen-bond acceptors (Lipinski definition) is 5. The first-order valence-corrected chi connectivity index (χ1v) is 526. The molecule has 6 nitrogen and oxygen atoms in total. The van der Waals surface area contributed by atoms with Crippen LogP contribution in [0.15, 0.2) is 0 Å². The van der Waals surface area contributed by atoms with Gasteiger partial charge in [-0.25, -0.2) is 9.59 Å². The molecule has 0 bridgehead atoms. The van der Waals surface area contributed by atoms with Gasteiger partial charge in [0.05, 0.1) is 0 Å². The van der Waals surface area contributed by atoms with Crippen molar-refractivity contribution >= 4 is 1140 Å². The average Bonchev–Trinajstić information content (AvgIpc) is 0.833. The quantitative estimate of drug-likeness (QED) is 0.0375. The second kappa shape index (κ2) is 103. The molecule has 1 N–H and O–H groups in total. The molecular weight excluding hydrogens is 10700 g/mol. The van der Waals surface area contributed by atoms with Crippen molar-refractivity contribution < 1.29 is 19.1 Å². The van der Waals surface area contributed by atoms with Gasteiger partial charge in [-0.2, -0.15) is 0 Å². The summed E-state index contributed by atoms with van der Waals surface area (Å²) < 4.78 is 8.29. The number of nitrogens with zero attached hydrogens (tertiary/aromatic N) is 1. The molecule has 0 atom stereocenters. The zero-order valence-electron chi connectivity index (χ0n) is 41.1. The molecular formula is C8H17Cl3I82N2O4. The normalized spacial score (nSPS) is 17.1. The Hall–Kier alpha value is 59.4. The Kier molecular flexibility index (Phi) is 171. The third-order valence-corrected chi connectivity index (χ3v) is 6450. The summed E-state index contributed by atoms with van der Waals surface area (Å²) in [6.07, 6.45) is -0.417. The fourth-order valence-corrected chi connectivity index (χ4v) is 15900. The maximum absolute atomic E-state index is 10.4. The summed E-state index contributed by atoms with van der Waals surface area (Å²) in [4.78, 5) is 21.2. The molecule has 0 rings (SSSR count). The van der Waals surface area contributed by atoms with Crippen LogP contribution in [0.25, 0.3) is 0 Å². The molecule has 0 aliphatic heterocycles. The number of ether oxygens (including phenoxy) is 2. The zero-order chi connectivity index (χ0) is 79.4. The van der Waals surface area contributed by atoms with Crippen molar-refractivity contribution in [1.82, 2.24) is 10.2 Å². The average molecular weight is 10700 g/mol. The minimum Gasteiger partial charge on any atom is -0.437 e. The maximum atomic E-state index is 10.4. The van der Waals surface area contributed by atoms with Crippen LogP contribution in [0.1, 0.15) is 0 Å². The van der Waals surface area contributed by atoms with E-state index in [4.69, 9.17) is 23.2 Å². The molecule has 1 amide bonds. The number of amides is 1. The Labute approximate surface area is 1150 Å². The van der Waals surface area contributed by atoms with Crippen LogP contribution in [0.5, 0.6) is 0 Å². The molecule has 91 heteroatoms. The third kappa shape index (κ3) is 74.8. The Bertz CT molecular complexity index is 1960. The predicted octanol–water partition coefficient (Wildman–Crippen LogP) is 74.9. The van der Waals surface area contributed by atoms with E-state index in [1.54, 1.807) is 14.1 Å². The number of carbonyl (C=O) groups excluding carboxylic acids is 2. The van der Waals surface area contributed by atoms with Crippen molar-refractivity contribution in [2.75, 3.05) is 40.3 Å². The van der Waals surface area contributed by atoms with E-state index >= 15 is 0 Å². The molecule has 0 aliphatic carbocycles. The van der Waals surface area contributed by atoms with E-state index in [-0.39, 0.29) is 12.1 Å². The molecule has 0 saturated carbocycles. The first kappa shape index (κ1) is 165. The van der Waals surface area contributed by atoms with Crippen molar-refractivity contribution in [3.05, 3.63) is 0 Å². The van der Waals surface area contributed by atoms with Gasteiger partial charge in [0, 0.05) is 25.7 Å². The third-order valence-electron chi connectivity index (χ3n) is 3.89. The first-order chi connectivity index (χ1) is 45.1. The van der Waals surface area contributed by atoms with Gasteiger partial charge >= 0.3 is 1110 Å². The van der Waals surface area contributed by atoms with Crippen molar-refractivity contribution in [2.24, 2.45) is 0 Å². The number of nitrogens with one attached hydrogen (secondary N) is 1. The van der Waals surface area contributed by atoms with Crippen LogP contribution in [-0.2, 0) is 9.47 Å². The van der Waals surface area contributed by atoms with Crippen LogP contribution in [-0.4, -0.2) is 56.7 Å². The summed E-state index contributed by atoms with van der Waals surface area (Å²) in [6.45, 7) is 0. The summed E-state index contributed by atoms with van der Waals surface area (Å²) in [5, 5.41) is 2.75. The Morgan fingerprint density at radius 2 is 0.333 bits per heavy atom. The molecule has 0 aromatic rings. The van der Waals surface area contributed by atoms with Crippen molar-refractivity contribution in [1.29, 1.82) is 0 Å². The van der Waals surface area contributed by atoms with Gasteiger partial charge < -0.3 is 19.7 Å². The molecule has 0 saturated heterocycles. The molecule has 0 radical (unpaired) electrons. The van der Waals surface area contributed by atoms with Gasteiger partial charge in [-0.15, -0.1) is 0 Å². The standard InChI is InChI=1S/C4H8ClNO2.C2H2Cl2O2.C2H7N.I82/c1-6(2)4(7)8-3-5;3-1-6-2(4)5;1-3-2;1-43(2)45(5)47(7)49(9)51(11)53(13)55(15)57(17)59(19)61(21)63(23)65(25)67(27)69(29)71(31)73(33)75(35)77(37)79(39)81(41)82(42)80(40)78(38)76(36)74(34)72(32)70(30)68(28)66(26)64(24)62(22)60(20)58(18)56(16)54(14)52(12)50(10)48(8)46(6)44(3)4/h3H2,1-2H3;1H2;3H,1-2H3;. The summed E-state index contributed by atoms with van der Waals surface area (Å²) in [7, 11) is -16.8. The summed E-state index contributed by atoms with van der Waals surface area (Å²) >= 11 is 156. The van der Waals surface area contributed by atoms with Crippen LogP contribution in [0.3, 0.4) is 0 Å². The summed E-state index contributed by atoms with van der Waals surface area (Å²) in [5.41, 5.74) is -0.870. The monoisotopic (exact) mass is 10700 g/mol. The van der Waals surface area contributed by atoms with E-state index < -0.39 is 327 Å². The van der Waals surface area contributed by atoms with Gasteiger partial charge in [0.25, 0.3) is 0 Å². The summed E-state index contributed by atoms with van der Waals surface area (Å²) in [6, 6.07) is -0.265. The fraction of sp³-hybridized carbons (Fsp3) is 0.750. The van der Waals surface area contributed by atoms with E-state index in [0.29, 0.717) is 0 Å². The van der Waals surface area contributed by atoms with E-state index in [2.05, 4.69) is 808 Å². The molecule has 0 aliphatic rings. The molecule has 0 unspecified atom stereocenters. The van der Waals surface area contributed by atoms with E-state index in [9.17, 15) is 9.59 Å². The van der Waals surface area contributed by atoms with Crippen LogP contribution < -0.4 is 5.32 Å². The maximum Gasteiger partial charge on any atom is 0.404 e. The van der Waals surface area contributed by atoms with Gasteiger partial charge in [0.2, 0.25) is 0 Å². The van der Waals surface area contributed by atoms with Gasteiger partial charge in [-0.05, 0) is 14.1 Å². The minimum atomic E-state index is -0.870. The molecule has 99 heavy (non-hydrogen) atoms. The molecule has 0 fully saturated rings. The number of halogens is 85. The first-order valence-electron chi connectivity index (χ1n) is 15.8. The van der Waals surface area contributed by atoms with Crippen LogP contribution in [0.4, 0.5) is 9.59 Å². The smallest absolute Gasteiger partial charge is 0.404 e.